The fourth-order valence-corrected chi connectivity index (χ4v) is 2.70. The maximum absolute atomic E-state index is 11.2. The molecule has 21 heavy (non-hydrogen) atoms. The second-order valence-corrected chi connectivity index (χ2v) is 5.15. The van der Waals surface area contributed by atoms with Gasteiger partial charge in [-0.15, -0.1) is 0 Å². The summed E-state index contributed by atoms with van der Waals surface area (Å²) in [6.07, 6.45) is -0.142. The first-order chi connectivity index (χ1) is 10.1. The molecule has 3 nitrogen and oxygen atoms in total. The van der Waals surface area contributed by atoms with E-state index in [4.69, 9.17) is 11.6 Å². The van der Waals surface area contributed by atoms with E-state index >= 15 is 0 Å². The molecule has 2 aromatic carbocycles. The second kappa shape index (κ2) is 6.92. The van der Waals surface area contributed by atoms with Crippen LogP contribution in [0.3, 0.4) is 0 Å². The molecule has 0 spiro atoms. The first-order valence-corrected chi connectivity index (χ1v) is 6.92. The van der Waals surface area contributed by atoms with Crippen LogP contribution in [0.25, 0.3) is 0 Å². The van der Waals surface area contributed by atoms with Crippen LogP contribution in [0, 0.1) is 11.3 Å². The van der Waals surface area contributed by atoms with E-state index in [0.717, 1.165) is 5.56 Å². The molecule has 0 saturated heterocycles. The molecule has 2 unspecified atom stereocenters. The Morgan fingerprint density at radius 2 is 1.76 bits per heavy atom. The zero-order valence-electron chi connectivity index (χ0n) is 11.2. The lowest BCUT2D eigenvalue weighted by Crippen LogP contribution is -2.15. The number of hydrogen-bond acceptors (Lipinski definition) is 2. The largest absolute Gasteiger partial charge is 0.481 e. The molecule has 0 aromatic heterocycles. The molecule has 0 fully saturated rings. The molecule has 106 valence electrons. The molecule has 0 aliphatic rings. The van der Waals surface area contributed by atoms with Crippen LogP contribution in [-0.2, 0) is 4.79 Å². The third-order valence-corrected chi connectivity index (χ3v) is 3.74. The van der Waals surface area contributed by atoms with Gasteiger partial charge in [0.2, 0.25) is 0 Å². The quantitative estimate of drug-likeness (QED) is 0.899. The van der Waals surface area contributed by atoms with Crippen molar-refractivity contribution in [2.24, 2.45) is 0 Å². The summed E-state index contributed by atoms with van der Waals surface area (Å²) in [6, 6.07) is 18.5. The molecule has 0 saturated carbocycles. The molecule has 2 rings (SSSR count). The van der Waals surface area contributed by atoms with Gasteiger partial charge in [-0.1, -0.05) is 60.1 Å². The number of carboxylic acid groups (broad SMARTS) is 1. The number of nitrogens with zero attached hydrogens (tertiary/aromatic N) is 1. The zero-order valence-corrected chi connectivity index (χ0v) is 12.0. The minimum Gasteiger partial charge on any atom is -0.481 e. The third-order valence-electron chi connectivity index (χ3n) is 3.40. The lowest BCUT2D eigenvalue weighted by molar-refractivity contribution is -0.137. The van der Waals surface area contributed by atoms with Crippen LogP contribution in [0.15, 0.2) is 54.6 Å². The van der Waals surface area contributed by atoms with E-state index < -0.39 is 17.8 Å². The summed E-state index contributed by atoms with van der Waals surface area (Å²) in [6.45, 7) is 0. The van der Waals surface area contributed by atoms with Crippen molar-refractivity contribution in [3.05, 3.63) is 70.7 Å². The topological polar surface area (TPSA) is 61.1 Å². The molecular formula is C17H14ClNO2. The normalized spacial score (nSPS) is 13.1. The Bertz CT molecular complexity index is 664. The van der Waals surface area contributed by atoms with Gasteiger partial charge in [0, 0.05) is 10.9 Å². The van der Waals surface area contributed by atoms with Gasteiger partial charge in [-0.25, -0.2) is 0 Å². The van der Waals surface area contributed by atoms with E-state index in [1.54, 1.807) is 24.3 Å². The Morgan fingerprint density at radius 3 is 2.33 bits per heavy atom. The van der Waals surface area contributed by atoms with Crippen molar-refractivity contribution in [2.45, 2.75) is 18.3 Å². The van der Waals surface area contributed by atoms with Gasteiger partial charge >= 0.3 is 5.97 Å². The summed E-state index contributed by atoms with van der Waals surface area (Å²) < 4.78 is 0. The fourth-order valence-electron chi connectivity index (χ4n) is 2.43. The summed E-state index contributed by atoms with van der Waals surface area (Å²) in [7, 11) is 0. The molecule has 0 heterocycles. The van der Waals surface area contributed by atoms with Crippen molar-refractivity contribution < 1.29 is 9.90 Å². The number of carboxylic acids is 1. The molecule has 0 aliphatic carbocycles. The van der Waals surface area contributed by atoms with E-state index in [-0.39, 0.29) is 6.42 Å². The standard InChI is InChI=1S/C17H14ClNO2/c18-16-9-5-4-8-13(16)14(10-17(20)21)15(11-19)12-6-2-1-3-7-12/h1-9,14-15H,10H2,(H,20,21). The van der Waals surface area contributed by atoms with E-state index in [1.165, 1.54) is 0 Å². The number of halogens is 1. The Kier molecular flexibility index (Phi) is 4.97. The molecule has 0 bridgehead atoms. The predicted octanol–water partition coefficient (Wildman–Crippen LogP) is 4.21. The highest BCUT2D eigenvalue weighted by molar-refractivity contribution is 6.31. The lowest BCUT2D eigenvalue weighted by Gasteiger charge is -2.22. The SMILES string of the molecule is N#CC(c1ccccc1)C(CC(=O)O)c1ccccc1Cl. The maximum atomic E-state index is 11.2. The smallest absolute Gasteiger partial charge is 0.304 e. The molecular weight excluding hydrogens is 286 g/mol. The average Bonchev–Trinajstić information content (AvgIpc) is 2.48. The number of rotatable bonds is 5. The molecule has 2 aromatic rings. The van der Waals surface area contributed by atoms with Crippen LogP contribution in [0.2, 0.25) is 5.02 Å². The van der Waals surface area contributed by atoms with Crippen molar-refractivity contribution in [3.8, 4) is 6.07 Å². The average molecular weight is 300 g/mol. The second-order valence-electron chi connectivity index (χ2n) is 4.74. The number of aliphatic carboxylic acids is 1. The molecule has 4 heteroatoms. The number of hydrogen-bond donors (Lipinski definition) is 1. The van der Waals surface area contributed by atoms with Crippen molar-refractivity contribution in [3.63, 3.8) is 0 Å². The molecule has 1 N–H and O–H groups in total. The highest BCUT2D eigenvalue weighted by Crippen LogP contribution is 2.38. The highest BCUT2D eigenvalue weighted by Gasteiger charge is 2.28. The van der Waals surface area contributed by atoms with Gasteiger partial charge in [0.1, 0.15) is 0 Å². The maximum Gasteiger partial charge on any atom is 0.304 e. The van der Waals surface area contributed by atoms with Gasteiger partial charge in [0.05, 0.1) is 18.4 Å². The van der Waals surface area contributed by atoms with Crippen LogP contribution in [0.4, 0.5) is 0 Å². The van der Waals surface area contributed by atoms with Crippen molar-refractivity contribution in [1.29, 1.82) is 5.26 Å². The number of carbonyl (C=O) groups is 1. The lowest BCUT2D eigenvalue weighted by atomic mass is 9.80. The fraction of sp³-hybridized carbons (Fsp3) is 0.176. The Labute approximate surface area is 128 Å². The van der Waals surface area contributed by atoms with Crippen LogP contribution in [-0.4, -0.2) is 11.1 Å². The van der Waals surface area contributed by atoms with Gasteiger partial charge in [0.25, 0.3) is 0 Å². The third kappa shape index (κ3) is 3.62. The van der Waals surface area contributed by atoms with Crippen molar-refractivity contribution in [2.75, 3.05) is 0 Å². The summed E-state index contributed by atoms with van der Waals surface area (Å²) in [4.78, 5) is 11.2. The first-order valence-electron chi connectivity index (χ1n) is 6.54. The number of benzene rings is 2. The van der Waals surface area contributed by atoms with Gasteiger partial charge < -0.3 is 5.11 Å². The van der Waals surface area contributed by atoms with E-state index in [9.17, 15) is 15.2 Å². The highest BCUT2D eigenvalue weighted by atomic mass is 35.5. The van der Waals surface area contributed by atoms with Crippen LogP contribution in [0.1, 0.15) is 29.4 Å². The zero-order chi connectivity index (χ0) is 15.2. The predicted molar refractivity (Wildman–Crippen MR) is 81.2 cm³/mol. The van der Waals surface area contributed by atoms with Crippen LogP contribution < -0.4 is 0 Å². The Morgan fingerprint density at radius 1 is 1.14 bits per heavy atom. The van der Waals surface area contributed by atoms with Gasteiger partial charge in [-0.2, -0.15) is 5.26 Å². The van der Waals surface area contributed by atoms with E-state index in [2.05, 4.69) is 6.07 Å². The summed E-state index contributed by atoms with van der Waals surface area (Å²) in [5, 5.41) is 19.2. The van der Waals surface area contributed by atoms with Gasteiger partial charge in [-0.3, -0.25) is 4.79 Å². The van der Waals surface area contributed by atoms with Gasteiger partial charge in [0.15, 0.2) is 0 Å². The minimum absolute atomic E-state index is 0.142. The van der Waals surface area contributed by atoms with Crippen molar-refractivity contribution >= 4 is 17.6 Å². The minimum atomic E-state index is -0.948. The Hall–Kier alpha value is -2.31. The number of nitriles is 1. The van der Waals surface area contributed by atoms with Crippen LogP contribution in [0.5, 0.6) is 0 Å². The summed E-state index contributed by atoms with van der Waals surface area (Å²) >= 11 is 6.19. The monoisotopic (exact) mass is 299 g/mol. The van der Waals surface area contributed by atoms with Gasteiger partial charge in [-0.05, 0) is 17.2 Å². The van der Waals surface area contributed by atoms with Crippen LogP contribution >= 0.6 is 11.6 Å². The molecule has 2 atom stereocenters. The molecule has 0 aliphatic heterocycles. The first kappa shape index (κ1) is 15.1. The summed E-state index contributed by atoms with van der Waals surface area (Å²) in [5.74, 6) is -1.98. The van der Waals surface area contributed by atoms with E-state index in [0.29, 0.717) is 10.6 Å². The van der Waals surface area contributed by atoms with Crippen molar-refractivity contribution in [1.82, 2.24) is 0 Å². The Balaban J connectivity index is 2.47. The molecule has 0 radical (unpaired) electrons. The summed E-state index contributed by atoms with van der Waals surface area (Å²) in [5.41, 5.74) is 1.49. The van der Waals surface area contributed by atoms with E-state index in [1.807, 2.05) is 30.3 Å². The molecule has 0 amide bonds.